The molecule has 2 unspecified atom stereocenters. The summed E-state index contributed by atoms with van der Waals surface area (Å²) in [5.41, 5.74) is 1.99. The highest BCUT2D eigenvalue weighted by Crippen LogP contribution is 2.18. The summed E-state index contributed by atoms with van der Waals surface area (Å²) in [6.07, 6.45) is 3.08. The molecular weight excluding hydrogens is 304 g/mol. The summed E-state index contributed by atoms with van der Waals surface area (Å²) in [6.45, 7) is 0.888. The first-order valence-corrected chi connectivity index (χ1v) is 7.89. The second-order valence-corrected chi connectivity index (χ2v) is 5.09. The van der Waals surface area contributed by atoms with Gasteiger partial charge in [0.15, 0.2) is 12.6 Å². The summed E-state index contributed by atoms with van der Waals surface area (Å²) in [6, 6.07) is 19.7. The molecule has 2 aromatic carbocycles. The van der Waals surface area contributed by atoms with Crippen LogP contribution in [0.3, 0.4) is 0 Å². The molecule has 2 rings (SSSR count). The highest BCUT2D eigenvalue weighted by atomic mass is 16.7. The van der Waals surface area contributed by atoms with Crippen LogP contribution in [0.4, 0.5) is 0 Å². The van der Waals surface area contributed by atoms with Crippen molar-refractivity contribution < 1.29 is 18.9 Å². The maximum atomic E-state index is 5.70. The lowest BCUT2D eigenvalue weighted by atomic mass is 10.2. The smallest absolute Gasteiger partial charge is 0.183 e. The van der Waals surface area contributed by atoms with Crippen molar-refractivity contribution in [3.63, 3.8) is 0 Å². The lowest BCUT2D eigenvalue weighted by molar-refractivity contribution is -0.122. The minimum absolute atomic E-state index is 0.368. The Labute approximate surface area is 143 Å². The summed E-state index contributed by atoms with van der Waals surface area (Å²) in [4.78, 5) is 0. The van der Waals surface area contributed by atoms with Crippen molar-refractivity contribution in [1.29, 1.82) is 0 Å². The number of rotatable bonds is 10. The standard InChI is InChI=1S/C20H24O4/c1-21-19(17-11-5-3-6-12-17)23-15-9-10-16-24-20(22-2)18-13-7-4-8-14-18/h3-14,19-20H,15-16H2,1-2H3. The molecule has 4 heteroatoms. The van der Waals surface area contributed by atoms with Crippen molar-refractivity contribution in [2.45, 2.75) is 12.6 Å². The minimum Gasteiger partial charge on any atom is -0.352 e. The summed E-state index contributed by atoms with van der Waals surface area (Å²) >= 11 is 0. The predicted octanol–water partition coefficient (Wildman–Crippen LogP) is 4.27. The Morgan fingerprint density at radius 1 is 0.667 bits per heavy atom. The van der Waals surface area contributed by atoms with E-state index in [0.29, 0.717) is 13.2 Å². The Bertz CT molecular complexity index is 530. The molecule has 0 aliphatic rings. The predicted molar refractivity (Wildman–Crippen MR) is 93.4 cm³/mol. The SMILES string of the molecule is COC(OCC=CCOC(OC)c1ccccc1)c1ccccc1. The van der Waals surface area contributed by atoms with Crippen LogP contribution in [0, 0.1) is 0 Å². The average molecular weight is 328 g/mol. The number of hydrogen-bond acceptors (Lipinski definition) is 4. The zero-order valence-corrected chi connectivity index (χ0v) is 14.1. The minimum atomic E-state index is -0.368. The highest BCUT2D eigenvalue weighted by Gasteiger charge is 2.09. The Balaban J connectivity index is 1.72. The van der Waals surface area contributed by atoms with E-state index in [-0.39, 0.29) is 12.6 Å². The van der Waals surface area contributed by atoms with Crippen LogP contribution in [-0.2, 0) is 18.9 Å². The molecule has 0 aliphatic heterocycles. The van der Waals surface area contributed by atoms with E-state index in [2.05, 4.69) is 0 Å². The molecule has 2 atom stereocenters. The zero-order valence-electron chi connectivity index (χ0n) is 14.1. The van der Waals surface area contributed by atoms with Gasteiger partial charge in [0.25, 0.3) is 0 Å². The van der Waals surface area contributed by atoms with Gasteiger partial charge in [0.05, 0.1) is 13.2 Å². The third-order valence-corrected chi connectivity index (χ3v) is 3.43. The molecule has 0 radical (unpaired) electrons. The first-order valence-electron chi connectivity index (χ1n) is 7.89. The van der Waals surface area contributed by atoms with Crippen molar-refractivity contribution in [2.75, 3.05) is 27.4 Å². The third kappa shape index (κ3) is 5.91. The van der Waals surface area contributed by atoms with E-state index in [0.717, 1.165) is 11.1 Å². The van der Waals surface area contributed by atoms with Crippen molar-refractivity contribution in [2.24, 2.45) is 0 Å². The van der Waals surface area contributed by atoms with E-state index < -0.39 is 0 Å². The summed E-state index contributed by atoms with van der Waals surface area (Å²) in [5, 5.41) is 0. The van der Waals surface area contributed by atoms with E-state index in [1.165, 1.54) is 0 Å². The fourth-order valence-electron chi connectivity index (χ4n) is 2.24. The Kier molecular flexibility index (Phi) is 8.21. The maximum Gasteiger partial charge on any atom is 0.183 e. The zero-order chi connectivity index (χ0) is 17.0. The third-order valence-electron chi connectivity index (χ3n) is 3.43. The molecule has 128 valence electrons. The number of benzene rings is 2. The fourth-order valence-corrected chi connectivity index (χ4v) is 2.24. The molecule has 4 nitrogen and oxygen atoms in total. The van der Waals surface area contributed by atoms with E-state index in [9.17, 15) is 0 Å². The second-order valence-electron chi connectivity index (χ2n) is 5.09. The van der Waals surface area contributed by atoms with Gasteiger partial charge in [-0.1, -0.05) is 72.8 Å². The molecule has 0 aliphatic carbocycles. The molecule has 0 amide bonds. The molecule has 0 saturated heterocycles. The lowest BCUT2D eigenvalue weighted by Gasteiger charge is -2.16. The Hall–Kier alpha value is -1.98. The molecule has 0 heterocycles. The first-order chi connectivity index (χ1) is 11.8. The van der Waals surface area contributed by atoms with Crippen LogP contribution in [-0.4, -0.2) is 27.4 Å². The topological polar surface area (TPSA) is 36.9 Å². The molecule has 24 heavy (non-hydrogen) atoms. The van der Waals surface area contributed by atoms with E-state index in [1.54, 1.807) is 14.2 Å². The lowest BCUT2D eigenvalue weighted by Crippen LogP contribution is -2.08. The van der Waals surface area contributed by atoms with Gasteiger partial charge in [-0.2, -0.15) is 0 Å². The van der Waals surface area contributed by atoms with E-state index in [1.807, 2.05) is 72.8 Å². The van der Waals surface area contributed by atoms with Crippen molar-refractivity contribution in [3.8, 4) is 0 Å². The van der Waals surface area contributed by atoms with Crippen LogP contribution in [0.25, 0.3) is 0 Å². The summed E-state index contributed by atoms with van der Waals surface area (Å²) < 4.78 is 22.1. The molecule has 2 aromatic rings. The fraction of sp³-hybridized carbons (Fsp3) is 0.300. The molecule has 0 saturated carbocycles. The summed E-state index contributed by atoms with van der Waals surface area (Å²) in [5.74, 6) is 0. The molecular formula is C20H24O4. The van der Waals surface area contributed by atoms with Crippen molar-refractivity contribution in [1.82, 2.24) is 0 Å². The first kappa shape index (κ1) is 18.4. The van der Waals surface area contributed by atoms with Crippen molar-refractivity contribution >= 4 is 0 Å². The maximum absolute atomic E-state index is 5.70. The van der Waals surface area contributed by atoms with Crippen LogP contribution in [0.1, 0.15) is 23.7 Å². The van der Waals surface area contributed by atoms with Crippen LogP contribution in [0.5, 0.6) is 0 Å². The monoisotopic (exact) mass is 328 g/mol. The van der Waals surface area contributed by atoms with Crippen LogP contribution >= 0.6 is 0 Å². The van der Waals surface area contributed by atoms with Crippen LogP contribution in [0.2, 0.25) is 0 Å². The van der Waals surface area contributed by atoms with Crippen LogP contribution < -0.4 is 0 Å². The molecule has 0 fully saturated rings. The van der Waals surface area contributed by atoms with Gasteiger partial charge in [0.1, 0.15) is 0 Å². The van der Waals surface area contributed by atoms with Gasteiger partial charge in [-0.3, -0.25) is 0 Å². The van der Waals surface area contributed by atoms with E-state index >= 15 is 0 Å². The molecule has 0 N–H and O–H groups in total. The normalized spacial score (nSPS) is 13.9. The largest absolute Gasteiger partial charge is 0.352 e. The van der Waals surface area contributed by atoms with Gasteiger partial charge in [-0.05, 0) is 0 Å². The molecule has 0 spiro atoms. The average Bonchev–Trinajstić information content (AvgIpc) is 2.66. The summed E-state index contributed by atoms with van der Waals surface area (Å²) in [7, 11) is 3.26. The van der Waals surface area contributed by atoms with Crippen molar-refractivity contribution in [3.05, 3.63) is 83.9 Å². The van der Waals surface area contributed by atoms with Gasteiger partial charge in [-0.25, -0.2) is 0 Å². The van der Waals surface area contributed by atoms with Gasteiger partial charge < -0.3 is 18.9 Å². The highest BCUT2D eigenvalue weighted by molar-refractivity contribution is 5.16. The number of methoxy groups -OCH3 is 2. The van der Waals surface area contributed by atoms with Gasteiger partial charge in [-0.15, -0.1) is 0 Å². The number of ether oxygens (including phenoxy) is 4. The second kappa shape index (κ2) is 10.7. The Morgan fingerprint density at radius 2 is 1.04 bits per heavy atom. The van der Waals surface area contributed by atoms with Gasteiger partial charge in [0.2, 0.25) is 0 Å². The van der Waals surface area contributed by atoms with Gasteiger partial charge >= 0.3 is 0 Å². The van der Waals surface area contributed by atoms with Crippen LogP contribution in [0.15, 0.2) is 72.8 Å². The molecule has 0 bridgehead atoms. The Morgan fingerprint density at radius 3 is 1.38 bits per heavy atom. The van der Waals surface area contributed by atoms with E-state index in [4.69, 9.17) is 18.9 Å². The van der Waals surface area contributed by atoms with Gasteiger partial charge in [0, 0.05) is 25.3 Å². The number of hydrogen-bond donors (Lipinski definition) is 0. The quantitative estimate of drug-likeness (QED) is 0.482. The molecule has 0 aromatic heterocycles.